The number of pyridine rings is 2. The first-order valence-corrected chi connectivity index (χ1v) is 12.3. The predicted molar refractivity (Wildman–Crippen MR) is 143 cm³/mol. The molecule has 1 N–H and O–H groups in total. The summed E-state index contributed by atoms with van der Waals surface area (Å²) in [5, 5.41) is 9.36. The van der Waals surface area contributed by atoms with Crippen molar-refractivity contribution < 1.29 is 4.79 Å². The van der Waals surface area contributed by atoms with Crippen LogP contribution in [0.4, 0.5) is 5.69 Å². The highest BCUT2D eigenvalue weighted by atomic mass is 16.2. The maximum atomic E-state index is 13.7. The molecular formula is C29H26N6O2. The number of hydrogen-bond acceptors (Lipinski definition) is 5. The van der Waals surface area contributed by atoms with Crippen LogP contribution in [0, 0.1) is 5.41 Å². The van der Waals surface area contributed by atoms with Crippen molar-refractivity contribution in [2.24, 2.45) is 0 Å². The zero-order chi connectivity index (χ0) is 25.4. The second kappa shape index (κ2) is 9.39. The number of nitrogens with one attached hydrogen (secondary N) is 1. The Hall–Kier alpha value is -4.72. The van der Waals surface area contributed by atoms with E-state index >= 15 is 0 Å². The van der Waals surface area contributed by atoms with Gasteiger partial charge >= 0.3 is 0 Å². The molecule has 1 saturated heterocycles. The van der Waals surface area contributed by atoms with E-state index in [1.165, 1.54) is 4.40 Å². The first kappa shape index (κ1) is 22.7. The fourth-order valence-corrected chi connectivity index (χ4v) is 4.95. The molecule has 0 unspecified atom stereocenters. The highest BCUT2D eigenvalue weighted by Gasteiger charge is 2.25. The molecule has 5 aromatic rings. The molecule has 8 nitrogen and oxygen atoms in total. The zero-order valence-electron chi connectivity index (χ0n) is 20.2. The molecule has 0 radical (unpaired) electrons. The van der Waals surface area contributed by atoms with E-state index in [9.17, 15) is 9.59 Å². The Bertz CT molecular complexity index is 1720. The van der Waals surface area contributed by atoms with E-state index < -0.39 is 0 Å². The number of hydrogen-bond donors (Lipinski definition) is 1. The molecule has 4 heterocycles. The largest absolute Gasteiger partial charge is 0.368 e. The van der Waals surface area contributed by atoms with Crippen molar-refractivity contribution in [3.63, 3.8) is 0 Å². The summed E-state index contributed by atoms with van der Waals surface area (Å²) in [7, 11) is 0. The van der Waals surface area contributed by atoms with Crippen molar-refractivity contribution in [3.8, 4) is 0 Å². The third kappa shape index (κ3) is 4.16. The third-order valence-electron chi connectivity index (χ3n) is 6.92. The number of carbonyl (C=O) groups is 1. The maximum absolute atomic E-state index is 13.7. The van der Waals surface area contributed by atoms with Gasteiger partial charge in [-0.15, -0.1) is 0 Å². The fraction of sp³-hybridized carbons (Fsp3) is 0.172. The monoisotopic (exact) mass is 490 g/mol. The predicted octanol–water partition coefficient (Wildman–Crippen LogP) is 3.14. The number of piperazine rings is 1. The highest BCUT2D eigenvalue weighted by Crippen LogP contribution is 2.18. The summed E-state index contributed by atoms with van der Waals surface area (Å²) in [6, 6.07) is 26.8. The van der Waals surface area contributed by atoms with E-state index in [1.807, 2.05) is 54.6 Å². The van der Waals surface area contributed by atoms with Gasteiger partial charge < -0.3 is 14.4 Å². The molecule has 1 fully saturated rings. The number of rotatable bonds is 4. The molecule has 0 spiro atoms. The molecule has 1 aliphatic heterocycles. The average molecular weight is 491 g/mol. The van der Waals surface area contributed by atoms with Crippen molar-refractivity contribution in [3.05, 3.63) is 118 Å². The summed E-state index contributed by atoms with van der Waals surface area (Å²) in [5.74, 6) is -0.237. The molecule has 6 rings (SSSR count). The maximum Gasteiger partial charge on any atom is 0.267 e. The minimum atomic E-state index is -0.259. The smallest absolute Gasteiger partial charge is 0.267 e. The Morgan fingerprint density at radius 1 is 0.865 bits per heavy atom. The molecule has 0 aliphatic carbocycles. The summed E-state index contributed by atoms with van der Waals surface area (Å²) in [6.45, 7) is 2.82. The third-order valence-corrected chi connectivity index (χ3v) is 6.92. The molecule has 1 aliphatic rings. The van der Waals surface area contributed by atoms with Gasteiger partial charge in [0.15, 0.2) is 0 Å². The van der Waals surface area contributed by atoms with Crippen molar-refractivity contribution in [1.82, 2.24) is 18.9 Å². The Labute approximate surface area is 213 Å². The van der Waals surface area contributed by atoms with Crippen LogP contribution in [0.2, 0.25) is 0 Å². The molecular weight excluding hydrogens is 464 g/mol. The lowest BCUT2D eigenvalue weighted by Gasteiger charge is -2.36. The topological polar surface area (TPSA) is 86.7 Å². The van der Waals surface area contributed by atoms with E-state index in [1.54, 1.807) is 33.9 Å². The van der Waals surface area contributed by atoms with Gasteiger partial charge in [0.1, 0.15) is 16.8 Å². The van der Waals surface area contributed by atoms with E-state index in [2.05, 4.69) is 17.0 Å². The highest BCUT2D eigenvalue weighted by molar-refractivity contribution is 5.97. The number of fused-ring (bicyclic) bond motifs is 2. The van der Waals surface area contributed by atoms with Gasteiger partial charge in [0.25, 0.3) is 11.5 Å². The van der Waals surface area contributed by atoms with Crippen molar-refractivity contribution in [1.29, 1.82) is 5.41 Å². The summed E-state index contributed by atoms with van der Waals surface area (Å²) in [4.78, 5) is 36.0. The SMILES string of the molecule is N=c1c(C(=O)N2CCN(c3ccccc3)CC2)cc2c(=O)n3ccccc3nc2n1Cc1ccccc1. The molecule has 3 aromatic heterocycles. The number of benzene rings is 2. The standard InChI is InChI=1S/C29H26N6O2/c30-26-23(28(36)33-17-15-32(16-18-33)22-11-5-2-6-12-22)19-24-27(35(26)20-21-9-3-1-4-10-21)31-25-13-7-8-14-34(25)29(24)37/h1-14,19,30H,15-18,20H2. The van der Waals surface area contributed by atoms with Gasteiger partial charge in [-0.2, -0.15) is 0 Å². The molecule has 2 aromatic carbocycles. The van der Waals surface area contributed by atoms with Crippen LogP contribution in [0.3, 0.4) is 0 Å². The molecule has 37 heavy (non-hydrogen) atoms. The lowest BCUT2D eigenvalue weighted by atomic mass is 10.1. The van der Waals surface area contributed by atoms with Gasteiger partial charge in [-0.1, -0.05) is 54.6 Å². The Balaban J connectivity index is 1.43. The first-order valence-electron chi connectivity index (χ1n) is 12.3. The molecule has 0 saturated carbocycles. The molecule has 0 atom stereocenters. The number of aromatic nitrogens is 3. The Morgan fingerprint density at radius 2 is 1.54 bits per heavy atom. The fourth-order valence-electron chi connectivity index (χ4n) is 4.95. The number of nitrogens with zero attached hydrogens (tertiary/aromatic N) is 5. The van der Waals surface area contributed by atoms with Crippen LogP contribution in [0.25, 0.3) is 16.7 Å². The second-order valence-corrected chi connectivity index (χ2v) is 9.18. The van der Waals surface area contributed by atoms with Gasteiger partial charge in [-0.3, -0.25) is 19.4 Å². The van der Waals surface area contributed by atoms with Crippen LogP contribution in [-0.2, 0) is 6.54 Å². The van der Waals surface area contributed by atoms with Gasteiger partial charge in [0, 0.05) is 38.1 Å². The van der Waals surface area contributed by atoms with E-state index in [0.717, 1.165) is 11.3 Å². The Morgan fingerprint density at radius 3 is 2.27 bits per heavy atom. The molecule has 8 heteroatoms. The number of anilines is 1. The summed E-state index contributed by atoms with van der Waals surface area (Å²) >= 11 is 0. The van der Waals surface area contributed by atoms with Crippen LogP contribution >= 0.6 is 0 Å². The van der Waals surface area contributed by atoms with Gasteiger partial charge in [-0.05, 0) is 35.9 Å². The number of amides is 1. The van der Waals surface area contributed by atoms with Crippen LogP contribution < -0.4 is 15.9 Å². The van der Waals surface area contributed by atoms with E-state index in [-0.39, 0.29) is 22.5 Å². The lowest BCUT2D eigenvalue weighted by molar-refractivity contribution is 0.0744. The van der Waals surface area contributed by atoms with Crippen LogP contribution in [0.1, 0.15) is 15.9 Å². The van der Waals surface area contributed by atoms with E-state index in [0.29, 0.717) is 49.4 Å². The first-order chi connectivity index (χ1) is 18.1. The molecule has 0 bridgehead atoms. The normalized spacial score (nSPS) is 13.8. The minimum absolute atomic E-state index is 0.0547. The van der Waals surface area contributed by atoms with Crippen molar-refractivity contribution in [2.45, 2.75) is 6.54 Å². The average Bonchev–Trinajstić information content (AvgIpc) is 2.95. The number of para-hydroxylation sites is 1. The quantitative estimate of drug-likeness (QED) is 0.392. The second-order valence-electron chi connectivity index (χ2n) is 9.18. The van der Waals surface area contributed by atoms with Crippen LogP contribution in [0.5, 0.6) is 0 Å². The van der Waals surface area contributed by atoms with Gasteiger partial charge in [-0.25, -0.2) is 4.98 Å². The summed E-state index contributed by atoms with van der Waals surface area (Å²) < 4.78 is 3.15. The molecule has 1 amide bonds. The van der Waals surface area contributed by atoms with Crippen molar-refractivity contribution >= 4 is 28.3 Å². The molecule has 184 valence electrons. The van der Waals surface area contributed by atoms with Gasteiger partial charge in [0.05, 0.1) is 17.5 Å². The zero-order valence-corrected chi connectivity index (χ0v) is 20.2. The minimum Gasteiger partial charge on any atom is -0.368 e. The van der Waals surface area contributed by atoms with E-state index in [4.69, 9.17) is 10.4 Å². The summed E-state index contributed by atoms with van der Waals surface area (Å²) in [6.07, 6.45) is 1.67. The van der Waals surface area contributed by atoms with Crippen LogP contribution in [0.15, 0.2) is 95.9 Å². The van der Waals surface area contributed by atoms with Crippen LogP contribution in [-0.4, -0.2) is 50.9 Å². The van der Waals surface area contributed by atoms with Gasteiger partial charge in [0.2, 0.25) is 0 Å². The lowest BCUT2D eigenvalue weighted by Crippen LogP contribution is -2.50. The number of carbonyl (C=O) groups excluding carboxylic acids is 1. The van der Waals surface area contributed by atoms with Crippen molar-refractivity contribution in [2.75, 3.05) is 31.1 Å². The Kier molecular flexibility index (Phi) is 5.76. The summed E-state index contributed by atoms with van der Waals surface area (Å²) in [5.41, 5.74) is 3.00.